The Kier molecular flexibility index (Phi) is 5.61. The average Bonchev–Trinajstić information content (AvgIpc) is 3.24. The van der Waals surface area contributed by atoms with Crippen LogP contribution in [-0.4, -0.2) is 34.3 Å². The zero-order valence-electron chi connectivity index (χ0n) is 14.9. The number of hydrogen-bond acceptors (Lipinski definition) is 4. The molecule has 0 radical (unpaired) electrons. The number of aryl methyl sites for hydroxylation is 1. The summed E-state index contributed by atoms with van der Waals surface area (Å²) in [7, 11) is 0. The lowest BCUT2D eigenvalue weighted by Crippen LogP contribution is -2.35. The smallest absolute Gasteiger partial charge is 0.338 e. The van der Waals surface area contributed by atoms with E-state index in [4.69, 9.17) is 16.3 Å². The first kappa shape index (κ1) is 18.5. The highest BCUT2D eigenvalue weighted by molar-refractivity contribution is 6.31. The lowest BCUT2D eigenvalue weighted by atomic mass is 10.2. The van der Waals surface area contributed by atoms with Gasteiger partial charge in [-0.1, -0.05) is 24.4 Å². The Morgan fingerprint density at radius 1 is 1.23 bits per heavy atom. The van der Waals surface area contributed by atoms with Crippen molar-refractivity contribution in [3.8, 4) is 5.69 Å². The number of carbonyl (C=O) groups excluding carboxylic acids is 2. The normalized spacial score (nSPS) is 14.4. The summed E-state index contributed by atoms with van der Waals surface area (Å²) in [6.45, 7) is 3.46. The first-order valence-corrected chi connectivity index (χ1v) is 9.12. The molecule has 0 saturated heterocycles. The van der Waals surface area contributed by atoms with Crippen LogP contribution in [0.25, 0.3) is 5.69 Å². The Hall–Kier alpha value is -2.34. The lowest BCUT2D eigenvalue weighted by Gasteiger charge is -2.12. The van der Waals surface area contributed by atoms with E-state index in [1.807, 2.05) is 13.8 Å². The van der Waals surface area contributed by atoms with Crippen LogP contribution in [0.4, 0.5) is 0 Å². The minimum absolute atomic E-state index is 0.216. The number of esters is 1. The van der Waals surface area contributed by atoms with Crippen LogP contribution in [0.1, 0.15) is 47.4 Å². The minimum atomic E-state index is -0.524. The monoisotopic (exact) mass is 375 g/mol. The standard InChI is InChI=1S/C19H22ClN3O3/c1-12-18(20)13(2)23(22-12)16-9-7-14(8-10-16)19(25)26-11-17(24)21-15-5-3-4-6-15/h7-10,15H,3-6,11H2,1-2H3,(H,21,24). The van der Waals surface area contributed by atoms with Gasteiger partial charge in [-0.15, -0.1) is 0 Å². The van der Waals surface area contributed by atoms with E-state index in [2.05, 4.69) is 10.4 Å². The van der Waals surface area contributed by atoms with Gasteiger partial charge in [0.25, 0.3) is 5.91 Å². The molecule has 1 N–H and O–H groups in total. The molecule has 26 heavy (non-hydrogen) atoms. The molecule has 1 amide bonds. The number of nitrogens with zero attached hydrogens (tertiary/aromatic N) is 2. The van der Waals surface area contributed by atoms with Crippen molar-refractivity contribution in [3.63, 3.8) is 0 Å². The number of halogens is 1. The van der Waals surface area contributed by atoms with Crippen molar-refractivity contribution in [1.82, 2.24) is 15.1 Å². The van der Waals surface area contributed by atoms with Crippen molar-refractivity contribution in [2.24, 2.45) is 0 Å². The molecule has 1 aromatic heterocycles. The Bertz CT molecular complexity index is 808. The van der Waals surface area contributed by atoms with Gasteiger partial charge in [0.15, 0.2) is 6.61 Å². The quantitative estimate of drug-likeness (QED) is 0.813. The molecular formula is C19H22ClN3O3. The van der Waals surface area contributed by atoms with Gasteiger partial charge in [-0.3, -0.25) is 4.79 Å². The van der Waals surface area contributed by atoms with Crippen molar-refractivity contribution < 1.29 is 14.3 Å². The summed E-state index contributed by atoms with van der Waals surface area (Å²) in [4.78, 5) is 23.9. The highest BCUT2D eigenvalue weighted by Gasteiger charge is 2.18. The summed E-state index contributed by atoms with van der Waals surface area (Å²) in [5.74, 6) is -0.774. The summed E-state index contributed by atoms with van der Waals surface area (Å²) in [5, 5.41) is 7.89. The summed E-state index contributed by atoms with van der Waals surface area (Å²) in [6.07, 6.45) is 4.27. The summed E-state index contributed by atoms with van der Waals surface area (Å²) in [5.41, 5.74) is 2.77. The Balaban J connectivity index is 1.58. The van der Waals surface area contributed by atoms with Gasteiger partial charge >= 0.3 is 5.97 Å². The van der Waals surface area contributed by atoms with Crippen LogP contribution in [0.3, 0.4) is 0 Å². The number of benzene rings is 1. The molecule has 1 aliphatic rings. The summed E-state index contributed by atoms with van der Waals surface area (Å²) >= 11 is 6.17. The molecule has 6 nitrogen and oxygen atoms in total. The number of carbonyl (C=O) groups is 2. The van der Waals surface area contributed by atoms with Crippen LogP contribution < -0.4 is 5.32 Å². The van der Waals surface area contributed by atoms with E-state index in [0.717, 1.165) is 42.8 Å². The number of rotatable bonds is 5. The van der Waals surface area contributed by atoms with Gasteiger partial charge in [0.2, 0.25) is 0 Å². The van der Waals surface area contributed by atoms with E-state index < -0.39 is 5.97 Å². The molecule has 138 valence electrons. The van der Waals surface area contributed by atoms with Gasteiger partial charge in [0.05, 0.1) is 27.7 Å². The molecule has 1 aromatic carbocycles. The van der Waals surface area contributed by atoms with Crippen molar-refractivity contribution in [2.45, 2.75) is 45.6 Å². The first-order chi connectivity index (χ1) is 12.5. The van der Waals surface area contributed by atoms with Gasteiger partial charge in [-0.2, -0.15) is 5.10 Å². The largest absolute Gasteiger partial charge is 0.452 e. The van der Waals surface area contributed by atoms with Gasteiger partial charge < -0.3 is 10.1 Å². The first-order valence-electron chi connectivity index (χ1n) is 8.74. The molecule has 7 heteroatoms. The molecule has 1 heterocycles. The molecule has 3 rings (SSSR count). The van der Waals surface area contributed by atoms with Crippen LogP contribution in [0, 0.1) is 13.8 Å². The molecule has 0 bridgehead atoms. The fourth-order valence-electron chi connectivity index (χ4n) is 3.17. The van der Waals surface area contributed by atoms with E-state index in [-0.39, 0.29) is 18.6 Å². The third kappa shape index (κ3) is 4.07. The Morgan fingerprint density at radius 2 is 1.88 bits per heavy atom. The highest BCUT2D eigenvalue weighted by Crippen LogP contribution is 2.22. The zero-order valence-corrected chi connectivity index (χ0v) is 15.7. The number of aromatic nitrogens is 2. The molecule has 0 unspecified atom stereocenters. The molecular weight excluding hydrogens is 354 g/mol. The number of nitrogens with one attached hydrogen (secondary N) is 1. The summed E-state index contributed by atoms with van der Waals surface area (Å²) < 4.78 is 6.82. The van der Waals surface area contributed by atoms with Crippen molar-refractivity contribution >= 4 is 23.5 Å². The van der Waals surface area contributed by atoms with Crippen LogP contribution in [-0.2, 0) is 9.53 Å². The molecule has 1 fully saturated rings. The van der Waals surface area contributed by atoms with Gasteiger partial charge in [0, 0.05) is 6.04 Å². The molecule has 2 aromatic rings. The van der Waals surface area contributed by atoms with Gasteiger partial charge in [0.1, 0.15) is 0 Å². The maximum Gasteiger partial charge on any atom is 0.338 e. The number of ether oxygens (including phenoxy) is 1. The second-order valence-corrected chi connectivity index (χ2v) is 6.95. The van der Waals surface area contributed by atoms with Crippen molar-refractivity contribution in [3.05, 3.63) is 46.2 Å². The summed E-state index contributed by atoms with van der Waals surface area (Å²) in [6, 6.07) is 7.05. The van der Waals surface area contributed by atoms with Gasteiger partial charge in [-0.25, -0.2) is 9.48 Å². The average molecular weight is 376 g/mol. The van der Waals surface area contributed by atoms with E-state index >= 15 is 0 Å². The SMILES string of the molecule is Cc1nn(-c2ccc(C(=O)OCC(=O)NC3CCCC3)cc2)c(C)c1Cl. The third-order valence-electron chi connectivity index (χ3n) is 4.61. The fraction of sp³-hybridized carbons (Fsp3) is 0.421. The van der Waals surface area contributed by atoms with E-state index in [9.17, 15) is 9.59 Å². The van der Waals surface area contributed by atoms with Crippen molar-refractivity contribution in [2.75, 3.05) is 6.61 Å². The van der Waals surface area contributed by atoms with Crippen molar-refractivity contribution in [1.29, 1.82) is 0 Å². The Morgan fingerprint density at radius 3 is 2.46 bits per heavy atom. The fourth-order valence-corrected chi connectivity index (χ4v) is 3.29. The Labute approximate surface area is 157 Å². The topological polar surface area (TPSA) is 73.2 Å². The van der Waals surface area contributed by atoms with Crippen LogP contribution in [0.5, 0.6) is 0 Å². The highest BCUT2D eigenvalue weighted by atomic mass is 35.5. The molecule has 0 spiro atoms. The van der Waals surface area contributed by atoms with Crippen LogP contribution in [0.2, 0.25) is 5.02 Å². The lowest BCUT2D eigenvalue weighted by molar-refractivity contribution is -0.124. The second-order valence-electron chi connectivity index (χ2n) is 6.57. The van der Waals surface area contributed by atoms with E-state index in [0.29, 0.717) is 10.6 Å². The van der Waals surface area contributed by atoms with E-state index in [1.165, 1.54) is 0 Å². The predicted octanol–water partition coefficient (Wildman–Crippen LogP) is 3.36. The van der Waals surface area contributed by atoms with Gasteiger partial charge in [-0.05, 0) is 51.0 Å². The molecule has 0 aliphatic heterocycles. The predicted molar refractivity (Wildman–Crippen MR) is 98.7 cm³/mol. The van der Waals surface area contributed by atoms with Crippen LogP contribution >= 0.6 is 11.6 Å². The number of hydrogen-bond donors (Lipinski definition) is 1. The molecule has 0 atom stereocenters. The number of amides is 1. The second kappa shape index (κ2) is 7.91. The van der Waals surface area contributed by atoms with Crippen LogP contribution in [0.15, 0.2) is 24.3 Å². The maximum absolute atomic E-state index is 12.1. The van der Waals surface area contributed by atoms with E-state index in [1.54, 1.807) is 28.9 Å². The third-order valence-corrected chi connectivity index (χ3v) is 5.15. The zero-order chi connectivity index (χ0) is 18.7. The molecule has 1 saturated carbocycles. The molecule has 1 aliphatic carbocycles. The maximum atomic E-state index is 12.1. The minimum Gasteiger partial charge on any atom is -0.452 e.